The quantitative estimate of drug-likeness (QED) is 0.626. The topological polar surface area (TPSA) is 0 Å². The molecule has 1 aromatic rings. The van der Waals surface area contributed by atoms with Crippen molar-refractivity contribution in [2.24, 2.45) is 0 Å². The average Bonchev–Trinajstić information content (AvgIpc) is 2.60. The summed E-state index contributed by atoms with van der Waals surface area (Å²) in [6, 6.07) is 2.32. The minimum absolute atomic E-state index is 0.627. The molecule has 1 aromatic heterocycles. The monoisotopic (exact) mass is 206 g/mol. The molecule has 2 heterocycles. The van der Waals surface area contributed by atoms with Crippen molar-refractivity contribution in [3.05, 3.63) is 31.7 Å². The summed E-state index contributed by atoms with van der Waals surface area (Å²) >= 11 is 3.89. The first kappa shape index (κ1) is 7.89. The molecule has 66 valence electrons. The molecule has 1 unspecified atom stereocenters. The fourth-order valence-corrected chi connectivity index (χ4v) is 4.20. The Morgan fingerprint density at radius 1 is 1.31 bits per heavy atom. The zero-order valence-electron chi connectivity index (χ0n) is 7.63. The molecule has 0 amide bonds. The molecule has 0 fully saturated rings. The van der Waals surface area contributed by atoms with Gasteiger partial charge in [0.25, 0.3) is 0 Å². The van der Waals surface area contributed by atoms with Crippen LogP contribution in [0.5, 0.6) is 0 Å². The lowest BCUT2D eigenvalue weighted by molar-refractivity contribution is 1.55. The van der Waals surface area contributed by atoms with Crippen LogP contribution in [-0.2, 0) is 0 Å². The van der Waals surface area contributed by atoms with Crippen LogP contribution in [0.4, 0.5) is 0 Å². The maximum Gasteiger partial charge on any atom is 0.0544 e. The predicted octanol–water partition coefficient (Wildman–Crippen LogP) is 2.02. The van der Waals surface area contributed by atoms with Crippen LogP contribution in [-0.4, -0.2) is 5.25 Å². The van der Waals surface area contributed by atoms with Gasteiger partial charge in [0.1, 0.15) is 0 Å². The van der Waals surface area contributed by atoms with Crippen molar-refractivity contribution in [3.8, 4) is 0 Å². The van der Waals surface area contributed by atoms with Crippen LogP contribution < -0.4 is 9.75 Å². The molecule has 0 N–H and O–H groups in total. The van der Waals surface area contributed by atoms with E-state index in [0.29, 0.717) is 5.25 Å². The lowest BCUT2D eigenvalue weighted by Gasteiger charge is -1.99. The molecule has 3 rings (SSSR count). The molecular weight excluding hydrogens is 196 g/mol. The number of aryl methyl sites for hydroxylation is 1. The summed E-state index contributed by atoms with van der Waals surface area (Å²) in [5.74, 6) is 0. The summed E-state index contributed by atoms with van der Waals surface area (Å²) in [6.45, 7) is 4.38. The van der Waals surface area contributed by atoms with Crippen LogP contribution in [0.3, 0.4) is 0 Å². The molecule has 2 heteroatoms. The highest BCUT2D eigenvalue weighted by atomic mass is 32.2. The fraction of sp³-hybridized carbons (Fsp3) is 0.273. The normalized spacial score (nSPS) is 24.0. The highest BCUT2D eigenvalue weighted by molar-refractivity contribution is 8.04. The molecule has 1 atom stereocenters. The third-order valence-electron chi connectivity index (χ3n) is 2.48. The maximum atomic E-state index is 2.40. The van der Waals surface area contributed by atoms with Gasteiger partial charge in [0, 0.05) is 9.41 Å². The second kappa shape index (κ2) is 2.52. The molecule has 0 saturated heterocycles. The van der Waals surface area contributed by atoms with Gasteiger partial charge in [-0.15, -0.1) is 23.1 Å². The number of rotatable bonds is 0. The Hall–Kier alpha value is -0.470. The fourth-order valence-electron chi connectivity index (χ4n) is 1.97. The molecule has 0 spiro atoms. The number of hydrogen-bond acceptors (Lipinski definition) is 2. The van der Waals surface area contributed by atoms with Gasteiger partial charge in [-0.25, -0.2) is 0 Å². The van der Waals surface area contributed by atoms with E-state index in [4.69, 9.17) is 0 Å². The lowest BCUT2D eigenvalue weighted by atomic mass is 10.2. The molecule has 0 aromatic carbocycles. The van der Waals surface area contributed by atoms with E-state index in [1.54, 1.807) is 0 Å². The molecule has 0 radical (unpaired) electrons. The van der Waals surface area contributed by atoms with Gasteiger partial charge in [0.15, 0.2) is 0 Å². The van der Waals surface area contributed by atoms with E-state index in [1.807, 2.05) is 23.1 Å². The van der Waals surface area contributed by atoms with Gasteiger partial charge in [0.05, 0.1) is 5.25 Å². The van der Waals surface area contributed by atoms with E-state index in [0.717, 1.165) is 0 Å². The Morgan fingerprint density at radius 3 is 3.00 bits per heavy atom. The molecule has 2 aliphatic rings. The first-order chi connectivity index (χ1) is 6.24. The van der Waals surface area contributed by atoms with Gasteiger partial charge in [-0.05, 0) is 47.8 Å². The number of hydrogen-bond donors (Lipinski definition) is 0. The van der Waals surface area contributed by atoms with Crippen molar-refractivity contribution in [2.45, 2.75) is 19.1 Å². The van der Waals surface area contributed by atoms with Crippen LogP contribution in [0.25, 0.3) is 11.6 Å². The smallest absolute Gasteiger partial charge is 0.0544 e. The average molecular weight is 206 g/mol. The van der Waals surface area contributed by atoms with Crippen LogP contribution in [0.15, 0.2) is 17.0 Å². The summed E-state index contributed by atoms with van der Waals surface area (Å²) in [7, 11) is 0. The Kier molecular flexibility index (Phi) is 1.53. The Morgan fingerprint density at radius 2 is 2.15 bits per heavy atom. The SMILES string of the molecule is CC1=CC2=c3cc(C)sc3=CC2S1. The number of thiophene rings is 1. The van der Waals surface area contributed by atoms with Gasteiger partial charge >= 0.3 is 0 Å². The maximum absolute atomic E-state index is 2.40. The highest BCUT2D eigenvalue weighted by Gasteiger charge is 2.23. The Labute approximate surface area is 85.7 Å². The standard InChI is InChI=1S/C11H10S2/c1-6-3-8-9-4-7(2)13-11(9)5-10(8)12-6/h3-5,10H,1-2H3. The lowest BCUT2D eigenvalue weighted by Crippen LogP contribution is -2.14. The van der Waals surface area contributed by atoms with Crippen LogP contribution in [0, 0.1) is 6.92 Å². The Bertz CT molecular complexity index is 517. The zero-order valence-corrected chi connectivity index (χ0v) is 9.26. The molecule has 13 heavy (non-hydrogen) atoms. The summed E-state index contributed by atoms with van der Waals surface area (Å²) in [5.41, 5.74) is 1.53. The summed E-state index contributed by atoms with van der Waals surface area (Å²) in [5, 5.41) is 2.11. The second-order valence-corrected chi connectivity index (χ2v) is 6.23. The largest absolute Gasteiger partial charge is 0.141 e. The van der Waals surface area contributed by atoms with Gasteiger partial charge in [-0.1, -0.05) is 0 Å². The van der Waals surface area contributed by atoms with Gasteiger partial charge in [-0.2, -0.15) is 0 Å². The minimum atomic E-state index is 0.627. The molecule has 0 bridgehead atoms. The first-order valence-corrected chi connectivity index (χ1v) is 6.11. The van der Waals surface area contributed by atoms with Gasteiger partial charge < -0.3 is 0 Å². The number of fused-ring (bicyclic) bond motifs is 2. The third kappa shape index (κ3) is 1.05. The van der Waals surface area contributed by atoms with E-state index in [9.17, 15) is 0 Å². The van der Waals surface area contributed by atoms with Crippen LogP contribution >= 0.6 is 23.1 Å². The minimum Gasteiger partial charge on any atom is -0.141 e. The molecular formula is C11H10S2. The van der Waals surface area contributed by atoms with Gasteiger partial charge in [0.2, 0.25) is 0 Å². The summed E-state index contributed by atoms with van der Waals surface area (Å²) in [4.78, 5) is 2.88. The zero-order chi connectivity index (χ0) is 9.00. The Balaban J connectivity index is 2.38. The van der Waals surface area contributed by atoms with E-state index in [2.05, 4.69) is 32.1 Å². The molecule has 1 aliphatic carbocycles. The molecule has 0 saturated carbocycles. The van der Waals surface area contributed by atoms with Crippen molar-refractivity contribution in [3.63, 3.8) is 0 Å². The van der Waals surface area contributed by atoms with Crippen molar-refractivity contribution in [1.29, 1.82) is 0 Å². The van der Waals surface area contributed by atoms with Gasteiger partial charge in [-0.3, -0.25) is 0 Å². The van der Waals surface area contributed by atoms with E-state index < -0.39 is 0 Å². The van der Waals surface area contributed by atoms with Crippen molar-refractivity contribution >= 4 is 34.7 Å². The number of allylic oxidation sites excluding steroid dienone is 2. The highest BCUT2D eigenvalue weighted by Crippen LogP contribution is 2.38. The predicted molar refractivity (Wildman–Crippen MR) is 61.3 cm³/mol. The third-order valence-corrected chi connectivity index (χ3v) is 4.63. The summed E-state index contributed by atoms with van der Waals surface area (Å²) < 4.78 is 1.48. The van der Waals surface area contributed by atoms with Crippen molar-refractivity contribution < 1.29 is 0 Å². The van der Waals surface area contributed by atoms with Crippen molar-refractivity contribution in [1.82, 2.24) is 0 Å². The van der Waals surface area contributed by atoms with Crippen LogP contribution in [0.1, 0.15) is 11.8 Å². The summed E-state index contributed by atoms with van der Waals surface area (Å²) in [6.07, 6.45) is 4.74. The first-order valence-electron chi connectivity index (χ1n) is 4.41. The number of thioether (sulfide) groups is 1. The molecule has 1 aliphatic heterocycles. The van der Waals surface area contributed by atoms with E-state index >= 15 is 0 Å². The molecule has 0 nitrogen and oxygen atoms in total. The van der Waals surface area contributed by atoms with E-state index in [-0.39, 0.29) is 0 Å². The van der Waals surface area contributed by atoms with Crippen LogP contribution in [0.2, 0.25) is 0 Å². The van der Waals surface area contributed by atoms with Crippen molar-refractivity contribution in [2.75, 3.05) is 0 Å². The van der Waals surface area contributed by atoms with E-state index in [1.165, 1.54) is 25.1 Å². The second-order valence-electron chi connectivity index (χ2n) is 3.55.